The molecule has 2 N–H and O–H groups in total. The molecule has 0 bridgehead atoms. The first-order valence-corrected chi connectivity index (χ1v) is 5.28. The Bertz CT molecular complexity index is 478. The van der Waals surface area contributed by atoms with Gasteiger partial charge in [0.15, 0.2) is 0 Å². The molecule has 17 heavy (non-hydrogen) atoms. The van der Waals surface area contributed by atoms with Crippen LogP contribution in [0.5, 0.6) is 0 Å². The second-order valence-electron chi connectivity index (χ2n) is 4.02. The van der Waals surface area contributed by atoms with Crippen LogP contribution in [-0.4, -0.2) is 32.8 Å². The fourth-order valence-electron chi connectivity index (χ4n) is 1.77. The first-order valence-electron chi connectivity index (χ1n) is 5.28. The third-order valence-electron chi connectivity index (χ3n) is 2.66. The minimum atomic E-state index is -0.865. The molecule has 0 fully saturated rings. The van der Waals surface area contributed by atoms with E-state index in [-0.39, 0.29) is 11.9 Å². The van der Waals surface area contributed by atoms with Crippen molar-refractivity contribution >= 4 is 11.9 Å². The van der Waals surface area contributed by atoms with E-state index in [1.807, 2.05) is 0 Å². The molecule has 0 aliphatic heterocycles. The first kappa shape index (κ1) is 11.4. The van der Waals surface area contributed by atoms with Crippen molar-refractivity contribution in [1.29, 1.82) is 0 Å². The van der Waals surface area contributed by atoms with Gasteiger partial charge in [-0.3, -0.25) is 14.3 Å². The van der Waals surface area contributed by atoms with E-state index in [4.69, 9.17) is 5.11 Å². The highest BCUT2D eigenvalue weighted by atomic mass is 16.4. The molecule has 1 aliphatic rings. The molecule has 90 valence electrons. The molecule has 1 aromatic rings. The monoisotopic (exact) mass is 235 g/mol. The van der Waals surface area contributed by atoms with Crippen molar-refractivity contribution in [2.45, 2.75) is 12.5 Å². The van der Waals surface area contributed by atoms with Crippen molar-refractivity contribution in [1.82, 2.24) is 15.1 Å². The molecular weight excluding hydrogens is 222 g/mol. The number of nitrogens with one attached hydrogen (secondary N) is 1. The minimum Gasteiger partial charge on any atom is -0.481 e. The molecule has 1 aromatic heterocycles. The number of amides is 1. The van der Waals surface area contributed by atoms with Gasteiger partial charge in [0.05, 0.1) is 5.92 Å². The van der Waals surface area contributed by atoms with E-state index in [0.29, 0.717) is 12.1 Å². The quantitative estimate of drug-likeness (QED) is 0.732. The van der Waals surface area contributed by atoms with E-state index in [2.05, 4.69) is 10.4 Å². The fourth-order valence-corrected chi connectivity index (χ4v) is 1.77. The SMILES string of the molecule is Cn1ccc(C(=O)NC2C=CC(C(=O)O)C2)n1. The Labute approximate surface area is 97.9 Å². The summed E-state index contributed by atoms with van der Waals surface area (Å²) in [6, 6.07) is 1.38. The molecule has 1 heterocycles. The average Bonchev–Trinajstić information content (AvgIpc) is 2.86. The molecule has 6 nitrogen and oxygen atoms in total. The zero-order valence-corrected chi connectivity index (χ0v) is 9.33. The molecular formula is C11H13N3O3. The standard InChI is InChI=1S/C11H13N3O3/c1-14-5-4-9(13-14)10(15)12-8-3-2-7(6-8)11(16)17/h2-5,7-8H,6H2,1H3,(H,12,15)(H,16,17). The van der Waals surface area contributed by atoms with Gasteiger partial charge < -0.3 is 10.4 Å². The Hall–Kier alpha value is -2.11. The predicted octanol–water partition coefficient (Wildman–Crippen LogP) is 0.179. The van der Waals surface area contributed by atoms with Crippen LogP contribution in [0.25, 0.3) is 0 Å². The van der Waals surface area contributed by atoms with Crippen LogP contribution in [-0.2, 0) is 11.8 Å². The molecule has 0 saturated carbocycles. The number of aryl methyl sites for hydroxylation is 1. The summed E-state index contributed by atoms with van der Waals surface area (Å²) >= 11 is 0. The van der Waals surface area contributed by atoms with Crippen LogP contribution in [0.1, 0.15) is 16.9 Å². The third-order valence-corrected chi connectivity index (χ3v) is 2.66. The lowest BCUT2D eigenvalue weighted by atomic mass is 10.1. The van der Waals surface area contributed by atoms with Crippen molar-refractivity contribution in [3.63, 3.8) is 0 Å². The number of carbonyl (C=O) groups excluding carboxylic acids is 1. The number of carboxylic acid groups (broad SMARTS) is 1. The molecule has 1 amide bonds. The van der Waals surface area contributed by atoms with Gasteiger partial charge >= 0.3 is 5.97 Å². The normalized spacial score (nSPS) is 22.6. The summed E-state index contributed by atoms with van der Waals surface area (Å²) in [4.78, 5) is 22.4. The lowest BCUT2D eigenvalue weighted by Crippen LogP contribution is -2.33. The van der Waals surface area contributed by atoms with Gasteiger partial charge in [0.2, 0.25) is 0 Å². The highest BCUT2D eigenvalue weighted by Crippen LogP contribution is 2.18. The van der Waals surface area contributed by atoms with Crippen LogP contribution in [0.3, 0.4) is 0 Å². The first-order chi connectivity index (χ1) is 8.06. The van der Waals surface area contributed by atoms with Gasteiger partial charge in [0, 0.05) is 19.3 Å². The molecule has 0 radical (unpaired) electrons. The molecule has 0 spiro atoms. The maximum atomic E-state index is 11.7. The Kier molecular flexibility index (Phi) is 2.95. The Balaban J connectivity index is 1.93. The highest BCUT2D eigenvalue weighted by molar-refractivity contribution is 5.92. The number of carbonyl (C=O) groups is 2. The van der Waals surface area contributed by atoms with Gasteiger partial charge in [0.1, 0.15) is 5.69 Å². The minimum absolute atomic E-state index is 0.231. The smallest absolute Gasteiger partial charge is 0.310 e. The van der Waals surface area contributed by atoms with E-state index in [1.54, 1.807) is 36.1 Å². The largest absolute Gasteiger partial charge is 0.481 e. The average molecular weight is 235 g/mol. The number of carboxylic acids is 1. The maximum Gasteiger partial charge on any atom is 0.310 e. The molecule has 0 saturated heterocycles. The van der Waals surface area contributed by atoms with E-state index in [1.165, 1.54) is 0 Å². The second kappa shape index (κ2) is 4.40. The summed E-state index contributed by atoms with van der Waals surface area (Å²) < 4.78 is 1.54. The van der Waals surface area contributed by atoms with Crippen LogP contribution in [0, 0.1) is 5.92 Å². The maximum absolute atomic E-state index is 11.7. The Morgan fingerprint density at radius 3 is 2.82 bits per heavy atom. The van der Waals surface area contributed by atoms with E-state index >= 15 is 0 Å². The van der Waals surface area contributed by atoms with E-state index in [9.17, 15) is 9.59 Å². The van der Waals surface area contributed by atoms with E-state index < -0.39 is 11.9 Å². The van der Waals surface area contributed by atoms with Crippen LogP contribution in [0.15, 0.2) is 24.4 Å². The van der Waals surface area contributed by atoms with Gasteiger partial charge in [-0.15, -0.1) is 0 Å². The molecule has 2 atom stereocenters. The fraction of sp³-hybridized carbons (Fsp3) is 0.364. The second-order valence-corrected chi connectivity index (χ2v) is 4.02. The Morgan fingerprint density at radius 2 is 2.29 bits per heavy atom. The predicted molar refractivity (Wildman–Crippen MR) is 59.3 cm³/mol. The van der Waals surface area contributed by atoms with Crippen LogP contribution in [0.2, 0.25) is 0 Å². The van der Waals surface area contributed by atoms with Crippen LogP contribution >= 0.6 is 0 Å². The number of nitrogens with zero attached hydrogens (tertiary/aromatic N) is 2. The van der Waals surface area contributed by atoms with Gasteiger partial charge in [0.25, 0.3) is 5.91 Å². The summed E-state index contributed by atoms with van der Waals surface area (Å²) in [5.74, 6) is -1.66. The zero-order valence-electron chi connectivity index (χ0n) is 9.33. The lowest BCUT2D eigenvalue weighted by molar-refractivity contribution is -0.140. The Morgan fingerprint density at radius 1 is 1.53 bits per heavy atom. The number of rotatable bonds is 3. The van der Waals surface area contributed by atoms with Crippen molar-refractivity contribution < 1.29 is 14.7 Å². The molecule has 0 aromatic carbocycles. The summed E-state index contributed by atoms with van der Waals surface area (Å²) in [7, 11) is 1.73. The number of aliphatic carboxylic acids is 1. The highest BCUT2D eigenvalue weighted by Gasteiger charge is 2.25. The summed E-state index contributed by atoms with van der Waals surface area (Å²) in [6.45, 7) is 0. The van der Waals surface area contributed by atoms with Gasteiger partial charge in [-0.1, -0.05) is 12.2 Å². The van der Waals surface area contributed by atoms with Gasteiger partial charge in [-0.2, -0.15) is 5.10 Å². The molecule has 2 rings (SSSR count). The van der Waals surface area contributed by atoms with Gasteiger partial charge in [-0.05, 0) is 12.5 Å². The molecule has 6 heteroatoms. The van der Waals surface area contributed by atoms with Gasteiger partial charge in [-0.25, -0.2) is 0 Å². The van der Waals surface area contributed by atoms with E-state index in [0.717, 1.165) is 0 Å². The van der Waals surface area contributed by atoms with Crippen LogP contribution < -0.4 is 5.32 Å². The molecule has 1 aliphatic carbocycles. The third kappa shape index (κ3) is 2.52. The number of hydrogen-bond donors (Lipinski definition) is 2. The summed E-state index contributed by atoms with van der Waals surface area (Å²) in [5, 5.41) is 15.5. The van der Waals surface area contributed by atoms with Crippen molar-refractivity contribution in [2.24, 2.45) is 13.0 Å². The van der Waals surface area contributed by atoms with Crippen LogP contribution in [0.4, 0.5) is 0 Å². The number of aromatic nitrogens is 2. The molecule has 2 unspecified atom stereocenters. The van der Waals surface area contributed by atoms with Crippen molar-refractivity contribution in [2.75, 3.05) is 0 Å². The van der Waals surface area contributed by atoms with Crippen molar-refractivity contribution in [3.05, 3.63) is 30.1 Å². The summed E-state index contributed by atoms with van der Waals surface area (Å²) in [5.41, 5.74) is 0.333. The summed E-state index contributed by atoms with van der Waals surface area (Å²) in [6.07, 6.45) is 5.39. The topological polar surface area (TPSA) is 84.2 Å². The van der Waals surface area contributed by atoms with Crippen molar-refractivity contribution in [3.8, 4) is 0 Å². The zero-order chi connectivity index (χ0) is 12.4. The lowest BCUT2D eigenvalue weighted by Gasteiger charge is -2.10. The number of hydrogen-bond acceptors (Lipinski definition) is 3.